The van der Waals surface area contributed by atoms with Gasteiger partial charge in [0.2, 0.25) is 0 Å². The number of hydrogen-bond donors (Lipinski definition) is 2. The van der Waals surface area contributed by atoms with Gasteiger partial charge < -0.3 is 10.6 Å². The van der Waals surface area contributed by atoms with Crippen LogP contribution in [0, 0.1) is 0 Å². The van der Waals surface area contributed by atoms with E-state index >= 15 is 0 Å². The van der Waals surface area contributed by atoms with E-state index in [-0.39, 0.29) is 17.9 Å². The molecule has 2 N–H and O–H groups in total. The van der Waals surface area contributed by atoms with Crippen LogP contribution in [0.15, 0.2) is 48.8 Å². The molecule has 1 aromatic heterocycles. The number of carbonyl (C=O) groups excluding carboxylic acids is 2. The van der Waals surface area contributed by atoms with Crippen molar-refractivity contribution >= 4 is 11.8 Å². The number of amides is 2. The van der Waals surface area contributed by atoms with Crippen LogP contribution in [-0.4, -0.2) is 23.3 Å². The molecule has 2 amide bonds. The molecule has 0 aliphatic heterocycles. The fourth-order valence-electron chi connectivity index (χ4n) is 2.47. The third-order valence-corrected chi connectivity index (χ3v) is 3.98. The van der Waals surface area contributed by atoms with Crippen molar-refractivity contribution in [2.24, 2.45) is 0 Å². The molecular weight excluding hydrogens is 314 g/mol. The van der Waals surface area contributed by atoms with Crippen molar-refractivity contribution < 1.29 is 9.59 Å². The Morgan fingerprint density at radius 3 is 2.40 bits per heavy atom. The van der Waals surface area contributed by atoms with Crippen molar-refractivity contribution in [1.82, 2.24) is 15.6 Å². The van der Waals surface area contributed by atoms with E-state index in [1.54, 1.807) is 6.07 Å². The first kappa shape index (κ1) is 18.6. The molecule has 2 aromatic rings. The molecule has 1 atom stereocenters. The number of unbranched alkanes of at least 4 members (excludes halogenated alkanes) is 2. The maximum absolute atomic E-state index is 12.4. The minimum Gasteiger partial charge on any atom is -0.352 e. The zero-order valence-corrected chi connectivity index (χ0v) is 14.8. The lowest BCUT2D eigenvalue weighted by molar-refractivity contribution is 0.0939. The monoisotopic (exact) mass is 339 g/mol. The van der Waals surface area contributed by atoms with E-state index in [2.05, 4.69) is 22.5 Å². The summed E-state index contributed by atoms with van der Waals surface area (Å²) in [6, 6.07) is 11.2. The van der Waals surface area contributed by atoms with Gasteiger partial charge in [-0.3, -0.25) is 14.6 Å². The Morgan fingerprint density at radius 1 is 1.04 bits per heavy atom. The molecule has 0 aliphatic rings. The predicted molar refractivity (Wildman–Crippen MR) is 98.4 cm³/mol. The normalized spacial score (nSPS) is 11.6. The van der Waals surface area contributed by atoms with Crippen molar-refractivity contribution in [3.8, 4) is 0 Å². The molecule has 1 aromatic carbocycles. The number of benzene rings is 1. The summed E-state index contributed by atoms with van der Waals surface area (Å²) in [6.45, 7) is 4.67. The average Bonchev–Trinajstić information content (AvgIpc) is 2.65. The highest BCUT2D eigenvalue weighted by molar-refractivity contribution is 5.99. The van der Waals surface area contributed by atoms with E-state index in [0.717, 1.165) is 24.8 Å². The topological polar surface area (TPSA) is 71.1 Å². The van der Waals surface area contributed by atoms with Crippen LogP contribution in [0.4, 0.5) is 0 Å². The van der Waals surface area contributed by atoms with Crippen molar-refractivity contribution in [1.29, 1.82) is 0 Å². The molecule has 25 heavy (non-hydrogen) atoms. The fraction of sp³-hybridized carbons (Fsp3) is 0.350. The summed E-state index contributed by atoms with van der Waals surface area (Å²) >= 11 is 0. The quantitative estimate of drug-likeness (QED) is 0.723. The predicted octanol–water partition coefficient (Wildman–Crippen LogP) is 3.49. The lowest BCUT2D eigenvalue weighted by Gasteiger charge is -2.14. The van der Waals surface area contributed by atoms with E-state index in [0.29, 0.717) is 17.7 Å². The second-order valence-electron chi connectivity index (χ2n) is 6.03. The van der Waals surface area contributed by atoms with E-state index < -0.39 is 0 Å². The summed E-state index contributed by atoms with van der Waals surface area (Å²) in [4.78, 5) is 28.6. The maximum atomic E-state index is 12.4. The van der Waals surface area contributed by atoms with Gasteiger partial charge in [-0.25, -0.2) is 0 Å². The fourth-order valence-corrected chi connectivity index (χ4v) is 2.47. The van der Waals surface area contributed by atoms with Crippen molar-refractivity contribution in [3.05, 3.63) is 65.5 Å². The van der Waals surface area contributed by atoms with Crippen LogP contribution in [-0.2, 0) is 0 Å². The standard InChI is InChI=1S/C20H25N3O2/c1-3-4-8-11-22-19(24)17-12-18(14-21-13-17)20(25)23-15(2)16-9-6-5-7-10-16/h5-7,9-10,12-15H,3-4,8,11H2,1-2H3,(H,22,24)(H,23,25). The van der Waals surface area contributed by atoms with Crippen LogP contribution in [0.1, 0.15) is 65.4 Å². The third-order valence-electron chi connectivity index (χ3n) is 3.98. The Hall–Kier alpha value is -2.69. The highest BCUT2D eigenvalue weighted by Gasteiger charge is 2.14. The Morgan fingerprint density at radius 2 is 1.72 bits per heavy atom. The summed E-state index contributed by atoms with van der Waals surface area (Å²) < 4.78 is 0. The van der Waals surface area contributed by atoms with Gasteiger partial charge in [-0.2, -0.15) is 0 Å². The van der Waals surface area contributed by atoms with Gasteiger partial charge in [0.1, 0.15) is 0 Å². The molecule has 5 heteroatoms. The first-order valence-electron chi connectivity index (χ1n) is 8.71. The second-order valence-corrected chi connectivity index (χ2v) is 6.03. The summed E-state index contributed by atoms with van der Waals surface area (Å²) in [5.74, 6) is -0.446. The van der Waals surface area contributed by atoms with Gasteiger partial charge in [0.15, 0.2) is 0 Å². The molecular formula is C20H25N3O2. The molecule has 0 spiro atoms. The van der Waals surface area contributed by atoms with Gasteiger partial charge in [-0.15, -0.1) is 0 Å². The van der Waals surface area contributed by atoms with Gasteiger partial charge in [-0.1, -0.05) is 50.1 Å². The second kappa shape index (κ2) is 9.57. The molecule has 0 aliphatic carbocycles. The molecule has 0 bridgehead atoms. The molecule has 0 saturated heterocycles. The lowest BCUT2D eigenvalue weighted by Crippen LogP contribution is -2.28. The molecule has 0 fully saturated rings. The smallest absolute Gasteiger partial charge is 0.253 e. The molecule has 2 rings (SSSR count). The first-order valence-corrected chi connectivity index (χ1v) is 8.71. The third kappa shape index (κ3) is 5.71. The van der Waals surface area contributed by atoms with Crippen LogP contribution < -0.4 is 10.6 Å². The molecule has 0 saturated carbocycles. The Labute approximate surface area is 148 Å². The Kier molecular flexibility index (Phi) is 7.14. The van der Waals surface area contributed by atoms with Gasteiger partial charge in [0, 0.05) is 18.9 Å². The molecule has 5 nitrogen and oxygen atoms in total. The zero-order valence-electron chi connectivity index (χ0n) is 14.8. The number of carbonyl (C=O) groups is 2. The average molecular weight is 339 g/mol. The van der Waals surface area contributed by atoms with Gasteiger partial charge in [-0.05, 0) is 25.0 Å². The number of aromatic nitrogens is 1. The summed E-state index contributed by atoms with van der Waals surface area (Å²) in [6.07, 6.45) is 6.09. The number of nitrogens with zero attached hydrogens (tertiary/aromatic N) is 1. The van der Waals surface area contributed by atoms with Gasteiger partial charge in [0.25, 0.3) is 11.8 Å². The minimum absolute atomic E-state index is 0.125. The SMILES string of the molecule is CCCCCNC(=O)c1cncc(C(=O)NC(C)c2ccccc2)c1. The minimum atomic E-state index is -0.246. The largest absolute Gasteiger partial charge is 0.352 e. The number of rotatable bonds is 8. The molecule has 0 radical (unpaired) electrons. The molecule has 1 heterocycles. The van der Waals surface area contributed by atoms with E-state index in [4.69, 9.17) is 0 Å². The van der Waals surface area contributed by atoms with Crippen molar-refractivity contribution in [2.45, 2.75) is 39.2 Å². The van der Waals surface area contributed by atoms with Crippen LogP contribution in [0.25, 0.3) is 0 Å². The summed E-state index contributed by atoms with van der Waals surface area (Å²) in [5.41, 5.74) is 1.80. The van der Waals surface area contributed by atoms with Gasteiger partial charge in [0.05, 0.1) is 17.2 Å². The number of nitrogens with one attached hydrogen (secondary N) is 2. The molecule has 1 unspecified atom stereocenters. The van der Waals surface area contributed by atoms with E-state index in [1.165, 1.54) is 12.4 Å². The Balaban J connectivity index is 1.97. The summed E-state index contributed by atoms with van der Waals surface area (Å²) in [7, 11) is 0. The van der Waals surface area contributed by atoms with Crippen molar-refractivity contribution in [2.75, 3.05) is 6.54 Å². The maximum Gasteiger partial charge on any atom is 0.253 e. The lowest BCUT2D eigenvalue weighted by atomic mass is 10.1. The van der Waals surface area contributed by atoms with Crippen LogP contribution in [0.5, 0.6) is 0 Å². The number of hydrogen-bond acceptors (Lipinski definition) is 3. The van der Waals surface area contributed by atoms with Crippen molar-refractivity contribution in [3.63, 3.8) is 0 Å². The van der Waals surface area contributed by atoms with Crippen LogP contribution in [0.2, 0.25) is 0 Å². The zero-order chi connectivity index (χ0) is 18.1. The highest BCUT2D eigenvalue weighted by Crippen LogP contribution is 2.12. The van der Waals surface area contributed by atoms with Gasteiger partial charge >= 0.3 is 0 Å². The number of pyridine rings is 1. The molecule has 132 valence electrons. The van der Waals surface area contributed by atoms with E-state index in [9.17, 15) is 9.59 Å². The van der Waals surface area contributed by atoms with Crippen LogP contribution in [0.3, 0.4) is 0 Å². The van der Waals surface area contributed by atoms with Crippen LogP contribution >= 0.6 is 0 Å². The summed E-state index contributed by atoms with van der Waals surface area (Å²) in [5, 5.41) is 5.78. The first-order chi connectivity index (χ1) is 12.1. The van der Waals surface area contributed by atoms with E-state index in [1.807, 2.05) is 37.3 Å². The highest BCUT2D eigenvalue weighted by atomic mass is 16.2. The Bertz CT molecular complexity index is 701.